The number of nitrogens with two attached hydrogens (primary N) is 1. The Labute approximate surface area is 111 Å². The molecule has 5 nitrogen and oxygen atoms in total. The van der Waals surface area contributed by atoms with Crippen LogP contribution in [0.15, 0.2) is 12.4 Å². The number of rotatable bonds is 5. The van der Waals surface area contributed by atoms with E-state index in [1.165, 1.54) is 11.5 Å². The molecule has 0 aliphatic carbocycles. The molecular formula is C12H19N5S. The van der Waals surface area contributed by atoms with Gasteiger partial charge in [-0.2, -0.15) is 0 Å². The van der Waals surface area contributed by atoms with E-state index in [0.717, 1.165) is 29.4 Å². The van der Waals surface area contributed by atoms with E-state index in [1.54, 1.807) is 6.20 Å². The molecule has 0 fully saturated rings. The molecule has 2 aromatic rings. The minimum absolute atomic E-state index is 0.232. The summed E-state index contributed by atoms with van der Waals surface area (Å²) in [6, 6.07) is -0.232. The van der Waals surface area contributed by atoms with Crippen LogP contribution in [-0.2, 0) is 6.54 Å². The molecular weight excluding hydrogens is 246 g/mol. The molecule has 2 N–H and O–H groups in total. The lowest BCUT2D eigenvalue weighted by Crippen LogP contribution is -2.18. The molecule has 0 aliphatic rings. The molecule has 0 amide bonds. The predicted octanol–water partition coefficient (Wildman–Crippen LogP) is 2.32. The van der Waals surface area contributed by atoms with Crippen molar-refractivity contribution in [2.24, 2.45) is 5.73 Å². The Balaban J connectivity index is 2.32. The highest BCUT2D eigenvalue weighted by atomic mass is 32.1. The number of imidazole rings is 1. The number of hydrogen-bond donors (Lipinski definition) is 1. The molecule has 0 radical (unpaired) electrons. The van der Waals surface area contributed by atoms with Gasteiger partial charge < -0.3 is 10.3 Å². The van der Waals surface area contributed by atoms with E-state index in [9.17, 15) is 0 Å². The minimum Gasteiger partial charge on any atom is -0.333 e. The summed E-state index contributed by atoms with van der Waals surface area (Å²) in [6.45, 7) is 7.28. The second kappa shape index (κ2) is 5.58. The van der Waals surface area contributed by atoms with Gasteiger partial charge in [0.1, 0.15) is 11.9 Å². The van der Waals surface area contributed by atoms with Crippen molar-refractivity contribution in [2.75, 3.05) is 0 Å². The first-order chi connectivity index (χ1) is 8.65. The van der Waals surface area contributed by atoms with Crippen molar-refractivity contribution in [1.82, 2.24) is 19.1 Å². The first-order valence-corrected chi connectivity index (χ1v) is 7.01. The number of nitrogens with zero attached hydrogens (tertiary/aromatic N) is 4. The first kappa shape index (κ1) is 13.2. The molecule has 18 heavy (non-hydrogen) atoms. The summed E-state index contributed by atoms with van der Waals surface area (Å²) in [5.41, 5.74) is 7.31. The van der Waals surface area contributed by atoms with Crippen LogP contribution >= 0.6 is 11.5 Å². The van der Waals surface area contributed by atoms with Gasteiger partial charge in [0.25, 0.3) is 0 Å². The maximum absolute atomic E-state index is 6.32. The molecule has 1 atom stereocenters. The molecule has 0 spiro atoms. The van der Waals surface area contributed by atoms with Gasteiger partial charge in [0.15, 0.2) is 0 Å². The van der Waals surface area contributed by atoms with Crippen molar-refractivity contribution >= 4 is 11.5 Å². The summed E-state index contributed by atoms with van der Waals surface area (Å²) in [7, 11) is 0. The van der Waals surface area contributed by atoms with Gasteiger partial charge >= 0.3 is 0 Å². The Morgan fingerprint density at radius 2 is 2.22 bits per heavy atom. The summed E-state index contributed by atoms with van der Waals surface area (Å²) in [6.07, 6.45) is 4.84. The van der Waals surface area contributed by atoms with Crippen molar-refractivity contribution < 1.29 is 0 Å². The van der Waals surface area contributed by atoms with Gasteiger partial charge in [-0.15, -0.1) is 5.10 Å². The van der Waals surface area contributed by atoms with Crippen LogP contribution in [0, 0.1) is 0 Å². The highest BCUT2D eigenvalue weighted by Gasteiger charge is 2.22. The van der Waals surface area contributed by atoms with Crippen molar-refractivity contribution in [3.05, 3.63) is 28.8 Å². The standard InChI is InChI=1S/C12H19N5S/c1-4-6-17-7-5-14-12(17)9(13)11-10(8(2)3)15-16-18-11/h5,7-9H,4,6,13H2,1-3H3. The molecule has 0 bridgehead atoms. The summed E-state index contributed by atoms with van der Waals surface area (Å²) < 4.78 is 6.13. The maximum Gasteiger partial charge on any atom is 0.131 e. The molecule has 2 heterocycles. The fourth-order valence-corrected chi connectivity index (χ4v) is 2.77. The fourth-order valence-electron chi connectivity index (χ4n) is 1.97. The zero-order valence-electron chi connectivity index (χ0n) is 11.0. The minimum atomic E-state index is -0.232. The van der Waals surface area contributed by atoms with E-state index in [0.29, 0.717) is 5.92 Å². The number of aromatic nitrogens is 4. The monoisotopic (exact) mass is 265 g/mol. The molecule has 0 aromatic carbocycles. The van der Waals surface area contributed by atoms with Crippen LogP contribution in [0.3, 0.4) is 0 Å². The lowest BCUT2D eigenvalue weighted by molar-refractivity contribution is 0.611. The average molecular weight is 265 g/mol. The Kier molecular flexibility index (Phi) is 4.08. The quantitative estimate of drug-likeness (QED) is 0.900. The highest BCUT2D eigenvalue weighted by Crippen LogP contribution is 2.28. The van der Waals surface area contributed by atoms with E-state index in [2.05, 4.69) is 39.9 Å². The highest BCUT2D eigenvalue weighted by molar-refractivity contribution is 7.05. The third kappa shape index (κ3) is 2.44. The molecule has 98 valence electrons. The van der Waals surface area contributed by atoms with Gasteiger partial charge in [0.2, 0.25) is 0 Å². The van der Waals surface area contributed by atoms with Crippen molar-refractivity contribution in [3.63, 3.8) is 0 Å². The van der Waals surface area contributed by atoms with E-state index in [4.69, 9.17) is 5.73 Å². The lowest BCUT2D eigenvalue weighted by Gasteiger charge is -2.14. The smallest absolute Gasteiger partial charge is 0.131 e. The van der Waals surface area contributed by atoms with Crippen LogP contribution in [0.2, 0.25) is 0 Å². The van der Waals surface area contributed by atoms with Crippen LogP contribution in [0.1, 0.15) is 55.5 Å². The SMILES string of the molecule is CCCn1ccnc1C(N)c1snnc1C(C)C. The molecule has 1 unspecified atom stereocenters. The maximum atomic E-state index is 6.32. The van der Waals surface area contributed by atoms with E-state index < -0.39 is 0 Å². The second-order valence-corrected chi connectivity index (χ2v) is 5.42. The third-order valence-electron chi connectivity index (χ3n) is 2.86. The molecule has 0 aliphatic heterocycles. The number of aryl methyl sites for hydroxylation is 1. The average Bonchev–Trinajstić information content (AvgIpc) is 2.96. The molecule has 2 rings (SSSR count). The van der Waals surface area contributed by atoms with Gasteiger partial charge in [-0.3, -0.25) is 0 Å². The zero-order chi connectivity index (χ0) is 13.1. The lowest BCUT2D eigenvalue weighted by atomic mass is 10.1. The Hall–Kier alpha value is -1.27. The second-order valence-electron chi connectivity index (χ2n) is 4.63. The summed E-state index contributed by atoms with van der Waals surface area (Å²) >= 11 is 1.37. The molecule has 0 saturated heterocycles. The van der Waals surface area contributed by atoms with Gasteiger partial charge in [0, 0.05) is 18.9 Å². The van der Waals surface area contributed by atoms with Gasteiger partial charge in [-0.1, -0.05) is 25.3 Å². The van der Waals surface area contributed by atoms with Crippen molar-refractivity contribution in [1.29, 1.82) is 0 Å². The normalized spacial score (nSPS) is 13.2. The largest absolute Gasteiger partial charge is 0.333 e. The summed E-state index contributed by atoms with van der Waals surface area (Å²) in [5.74, 6) is 1.23. The van der Waals surface area contributed by atoms with E-state index in [1.807, 2.05) is 6.20 Å². The number of hydrogen-bond acceptors (Lipinski definition) is 5. The zero-order valence-corrected chi connectivity index (χ0v) is 11.8. The van der Waals surface area contributed by atoms with E-state index in [-0.39, 0.29) is 6.04 Å². The van der Waals surface area contributed by atoms with Crippen LogP contribution in [0.5, 0.6) is 0 Å². The Morgan fingerprint density at radius 1 is 1.44 bits per heavy atom. The van der Waals surface area contributed by atoms with Crippen LogP contribution < -0.4 is 5.73 Å². The third-order valence-corrected chi connectivity index (χ3v) is 3.68. The van der Waals surface area contributed by atoms with Gasteiger partial charge in [-0.25, -0.2) is 4.98 Å². The summed E-state index contributed by atoms with van der Waals surface area (Å²) in [5, 5.41) is 4.17. The van der Waals surface area contributed by atoms with Gasteiger partial charge in [0.05, 0.1) is 10.6 Å². The van der Waals surface area contributed by atoms with Crippen molar-refractivity contribution in [3.8, 4) is 0 Å². The van der Waals surface area contributed by atoms with E-state index >= 15 is 0 Å². The summed E-state index contributed by atoms with van der Waals surface area (Å²) in [4.78, 5) is 5.40. The van der Waals surface area contributed by atoms with Crippen LogP contribution in [0.4, 0.5) is 0 Å². The van der Waals surface area contributed by atoms with Crippen LogP contribution in [-0.4, -0.2) is 19.1 Å². The Bertz CT molecular complexity index is 502. The predicted molar refractivity (Wildman–Crippen MR) is 72.5 cm³/mol. The molecule has 6 heteroatoms. The van der Waals surface area contributed by atoms with Gasteiger partial charge in [-0.05, 0) is 23.9 Å². The Morgan fingerprint density at radius 3 is 2.89 bits per heavy atom. The fraction of sp³-hybridized carbons (Fsp3) is 0.583. The topological polar surface area (TPSA) is 69.6 Å². The first-order valence-electron chi connectivity index (χ1n) is 6.23. The molecule has 0 saturated carbocycles. The van der Waals surface area contributed by atoms with Crippen molar-refractivity contribution in [2.45, 2.75) is 45.7 Å². The van der Waals surface area contributed by atoms with Crippen LogP contribution in [0.25, 0.3) is 0 Å². The molecule has 2 aromatic heterocycles.